The van der Waals surface area contributed by atoms with Gasteiger partial charge in [0.2, 0.25) is 0 Å². The number of aromatic nitrogens is 2. The highest BCUT2D eigenvalue weighted by Gasteiger charge is 2.24. The lowest BCUT2D eigenvalue weighted by Gasteiger charge is -2.16. The van der Waals surface area contributed by atoms with Crippen LogP contribution in [0, 0.1) is 0 Å². The summed E-state index contributed by atoms with van der Waals surface area (Å²) >= 11 is 0. The number of phenols is 1. The number of anilines is 1. The maximum atomic E-state index is 13.3. The van der Waals surface area contributed by atoms with Crippen molar-refractivity contribution in [3.8, 4) is 28.1 Å². The summed E-state index contributed by atoms with van der Waals surface area (Å²) in [7, 11) is 1.47. The van der Waals surface area contributed by atoms with E-state index < -0.39 is 23.2 Å². The van der Waals surface area contributed by atoms with E-state index in [1.807, 2.05) is 36.4 Å². The van der Waals surface area contributed by atoms with Crippen molar-refractivity contribution >= 4 is 17.6 Å². The highest BCUT2D eigenvalue weighted by molar-refractivity contribution is 6.10. The maximum Gasteiger partial charge on any atom is 0.339 e. The molecule has 0 saturated carbocycles. The van der Waals surface area contributed by atoms with Crippen LogP contribution in [0.4, 0.5) is 5.69 Å². The molecule has 3 aromatic carbocycles. The number of carbonyl (C=O) groups is 2. The van der Waals surface area contributed by atoms with E-state index in [0.29, 0.717) is 16.8 Å². The topological polar surface area (TPSA) is 122 Å². The average Bonchev–Trinajstić information content (AvgIpc) is 2.81. The number of aromatic carboxylic acids is 1. The fourth-order valence-corrected chi connectivity index (χ4v) is 3.51. The van der Waals surface area contributed by atoms with Crippen molar-refractivity contribution in [2.45, 2.75) is 0 Å². The molecule has 0 aliphatic rings. The van der Waals surface area contributed by atoms with E-state index in [-0.39, 0.29) is 16.8 Å². The Bertz CT molecular complexity index is 1410. The van der Waals surface area contributed by atoms with Crippen LogP contribution in [-0.4, -0.2) is 31.9 Å². The van der Waals surface area contributed by atoms with E-state index in [2.05, 4.69) is 10.4 Å². The Morgan fingerprint density at radius 3 is 2.09 bits per heavy atom. The molecule has 1 amide bonds. The van der Waals surface area contributed by atoms with Crippen molar-refractivity contribution < 1.29 is 19.8 Å². The number of carboxylic acid groups (broad SMARTS) is 1. The Labute approximate surface area is 188 Å². The van der Waals surface area contributed by atoms with Crippen LogP contribution in [0.3, 0.4) is 0 Å². The van der Waals surface area contributed by atoms with Gasteiger partial charge in [-0.05, 0) is 17.7 Å². The molecule has 0 radical (unpaired) electrons. The lowest BCUT2D eigenvalue weighted by atomic mass is 9.95. The van der Waals surface area contributed by atoms with Crippen molar-refractivity contribution in [3.63, 3.8) is 0 Å². The van der Waals surface area contributed by atoms with Gasteiger partial charge in [-0.2, -0.15) is 5.10 Å². The van der Waals surface area contributed by atoms with Gasteiger partial charge in [-0.15, -0.1) is 0 Å². The van der Waals surface area contributed by atoms with Crippen molar-refractivity contribution in [1.29, 1.82) is 0 Å². The predicted octanol–water partition coefficient (Wildman–Crippen LogP) is 3.77. The number of aryl methyl sites for hydroxylation is 1. The van der Waals surface area contributed by atoms with Gasteiger partial charge in [-0.25, -0.2) is 9.48 Å². The monoisotopic (exact) mass is 441 g/mol. The van der Waals surface area contributed by atoms with Crippen LogP contribution in [0.2, 0.25) is 0 Å². The third-order valence-corrected chi connectivity index (χ3v) is 5.07. The molecule has 8 heteroatoms. The maximum absolute atomic E-state index is 13.3. The molecular formula is C25H19N3O5. The first-order valence-corrected chi connectivity index (χ1v) is 9.96. The zero-order chi connectivity index (χ0) is 23.5. The summed E-state index contributed by atoms with van der Waals surface area (Å²) in [6, 6.07) is 21.8. The molecule has 0 atom stereocenters. The summed E-state index contributed by atoms with van der Waals surface area (Å²) < 4.78 is 1.11. The number of amides is 1. The van der Waals surface area contributed by atoms with Crippen LogP contribution in [0.1, 0.15) is 20.7 Å². The predicted molar refractivity (Wildman–Crippen MR) is 123 cm³/mol. The van der Waals surface area contributed by atoms with E-state index in [1.165, 1.54) is 19.2 Å². The largest absolute Gasteiger partial charge is 0.507 e. The molecule has 4 aromatic rings. The fourth-order valence-electron chi connectivity index (χ4n) is 3.51. The molecule has 3 N–H and O–H groups in total. The van der Waals surface area contributed by atoms with Gasteiger partial charge in [0.1, 0.15) is 16.9 Å². The lowest BCUT2D eigenvalue weighted by Crippen LogP contribution is -2.31. The van der Waals surface area contributed by atoms with E-state index in [9.17, 15) is 19.5 Å². The molecule has 0 aliphatic heterocycles. The van der Waals surface area contributed by atoms with Crippen LogP contribution in [-0.2, 0) is 7.05 Å². The summed E-state index contributed by atoms with van der Waals surface area (Å²) in [6.07, 6.45) is 0. The molecule has 4 rings (SSSR count). The number of nitrogens with zero attached hydrogens (tertiary/aromatic N) is 2. The van der Waals surface area contributed by atoms with Crippen molar-refractivity contribution in [3.05, 3.63) is 100 Å². The number of hydrogen-bond donors (Lipinski definition) is 3. The normalized spacial score (nSPS) is 10.6. The standard InChI is InChI=1S/C25H19N3O5/c1-28-24(31)21(23(30)26-17-12-13-18(25(32)33)19(29)14-17)20(15-8-4-2-5-9-15)22(27-28)16-10-6-3-7-11-16/h2-14,29H,1H3,(H,26,30)(H,32,33). The average molecular weight is 441 g/mol. The van der Waals surface area contributed by atoms with Gasteiger partial charge in [-0.1, -0.05) is 60.7 Å². The number of carboxylic acids is 1. The first-order chi connectivity index (χ1) is 15.9. The van der Waals surface area contributed by atoms with E-state index in [4.69, 9.17) is 5.11 Å². The molecule has 0 saturated heterocycles. The van der Waals surface area contributed by atoms with Crippen LogP contribution in [0.5, 0.6) is 5.75 Å². The quantitative estimate of drug-likeness (QED) is 0.433. The second-order valence-corrected chi connectivity index (χ2v) is 7.25. The molecule has 164 valence electrons. The van der Waals surface area contributed by atoms with Crippen LogP contribution in [0.25, 0.3) is 22.4 Å². The minimum atomic E-state index is -1.30. The summed E-state index contributed by atoms with van der Waals surface area (Å²) in [5, 5.41) is 26.1. The van der Waals surface area contributed by atoms with Crippen LogP contribution >= 0.6 is 0 Å². The summed E-state index contributed by atoms with van der Waals surface area (Å²) in [5.41, 5.74) is 1.30. The molecule has 0 fully saturated rings. The third kappa shape index (κ3) is 4.22. The molecular weight excluding hydrogens is 422 g/mol. The summed E-state index contributed by atoms with van der Waals surface area (Å²) in [4.78, 5) is 37.6. The molecule has 0 aliphatic carbocycles. The van der Waals surface area contributed by atoms with Gasteiger partial charge in [0.05, 0.1) is 5.69 Å². The smallest absolute Gasteiger partial charge is 0.339 e. The zero-order valence-corrected chi connectivity index (χ0v) is 17.5. The van der Waals surface area contributed by atoms with E-state index >= 15 is 0 Å². The minimum Gasteiger partial charge on any atom is -0.507 e. The number of carbonyl (C=O) groups excluding carboxylic acids is 1. The number of aromatic hydroxyl groups is 1. The van der Waals surface area contributed by atoms with Crippen LogP contribution in [0.15, 0.2) is 83.7 Å². The molecule has 8 nitrogen and oxygen atoms in total. The Morgan fingerprint density at radius 1 is 0.909 bits per heavy atom. The molecule has 1 aromatic heterocycles. The number of rotatable bonds is 5. The highest BCUT2D eigenvalue weighted by Crippen LogP contribution is 2.32. The minimum absolute atomic E-state index is 0.126. The van der Waals surface area contributed by atoms with Crippen molar-refractivity contribution in [2.24, 2.45) is 7.05 Å². The second-order valence-electron chi connectivity index (χ2n) is 7.25. The first kappa shape index (κ1) is 21.5. The number of hydrogen-bond acceptors (Lipinski definition) is 5. The van der Waals surface area contributed by atoms with Gasteiger partial charge in [0.25, 0.3) is 11.5 Å². The van der Waals surface area contributed by atoms with Crippen molar-refractivity contribution in [2.75, 3.05) is 5.32 Å². The summed E-state index contributed by atoms with van der Waals surface area (Å²) in [6.45, 7) is 0. The van der Waals surface area contributed by atoms with Crippen LogP contribution < -0.4 is 10.9 Å². The Balaban J connectivity index is 1.90. The number of benzene rings is 3. The Kier molecular flexibility index (Phi) is 5.73. The molecule has 33 heavy (non-hydrogen) atoms. The zero-order valence-electron chi connectivity index (χ0n) is 17.5. The molecule has 0 unspecified atom stereocenters. The second kappa shape index (κ2) is 8.80. The molecule has 1 heterocycles. The Hall–Kier alpha value is -4.72. The molecule has 0 spiro atoms. The fraction of sp³-hybridized carbons (Fsp3) is 0.0400. The van der Waals surface area contributed by atoms with Gasteiger partial charge in [0, 0.05) is 29.9 Å². The van der Waals surface area contributed by atoms with Gasteiger partial charge in [-0.3, -0.25) is 9.59 Å². The van der Waals surface area contributed by atoms with Gasteiger partial charge >= 0.3 is 5.97 Å². The SMILES string of the molecule is Cn1nc(-c2ccccc2)c(-c2ccccc2)c(C(=O)Nc2ccc(C(=O)O)c(O)c2)c1=O. The van der Waals surface area contributed by atoms with Crippen molar-refractivity contribution in [1.82, 2.24) is 9.78 Å². The van der Waals surface area contributed by atoms with Gasteiger partial charge in [0.15, 0.2) is 0 Å². The lowest BCUT2D eigenvalue weighted by molar-refractivity contribution is 0.0693. The Morgan fingerprint density at radius 2 is 1.52 bits per heavy atom. The highest BCUT2D eigenvalue weighted by atomic mass is 16.4. The number of nitrogens with one attached hydrogen (secondary N) is 1. The third-order valence-electron chi connectivity index (χ3n) is 5.07. The van der Waals surface area contributed by atoms with E-state index in [1.54, 1.807) is 24.3 Å². The van der Waals surface area contributed by atoms with Gasteiger partial charge < -0.3 is 15.5 Å². The first-order valence-electron chi connectivity index (χ1n) is 9.96. The van der Waals surface area contributed by atoms with E-state index in [0.717, 1.165) is 16.3 Å². The molecule has 0 bridgehead atoms. The summed E-state index contributed by atoms with van der Waals surface area (Å²) in [5.74, 6) is -2.51.